The molecule has 2 heterocycles. The van der Waals surface area contributed by atoms with Gasteiger partial charge in [-0.1, -0.05) is 19.3 Å². The molecule has 3 nitrogen and oxygen atoms in total. The smallest absolute Gasteiger partial charge is 0.0597 e. The Morgan fingerprint density at radius 1 is 0.944 bits per heavy atom. The van der Waals surface area contributed by atoms with E-state index in [1.54, 1.807) is 0 Å². The van der Waals surface area contributed by atoms with Crippen molar-refractivity contribution in [3.05, 3.63) is 0 Å². The molecule has 3 fully saturated rings. The Hall–Kier alpha value is -0.120. The fraction of sp³-hybridized carbons (Fsp3) is 1.00. The van der Waals surface area contributed by atoms with Crippen molar-refractivity contribution in [2.24, 2.45) is 5.73 Å². The number of hydrogen-bond acceptors (Lipinski definition) is 3. The second-order valence-electron chi connectivity index (χ2n) is 6.49. The molecule has 2 N–H and O–H groups in total. The molecular formula is C15H28N2O. The van der Waals surface area contributed by atoms with Crippen molar-refractivity contribution >= 4 is 0 Å². The van der Waals surface area contributed by atoms with Gasteiger partial charge in [0, 0.05) is 24.7 Å². The van der Waals surface area contributed by atoms with Crippen LogP contribution in [0.4, 0.5) is 0 Å². The van der Waals surface area contributed by atoms with E-state index in [-0.39, 0.29) is 0 Å². The van der Waals surface area contributed by atoms with E-state index in [4.69, 9.17) is 10.5 Å². The van der Waals surface area contributed by atoms with E-state index in [1.807, 2.05) is 0 Å². The van der Waals surface area contributed by atoms with Gasteiger partial charge in [-0.3, -0.25) is 4.90 Å². The number of piperidine rings is 2. The molecule has 2 saturated heterocycles. The summed E-state index contributed by atoms with van der Waals surface area (Å²) < 4.78 is 6.02. The van der Waals surface area contributed by atoms with Crippen LogP contribution >= 0.6 is 0 Å². The summed E-state index contributed by atoms with van der Waals surface area (Å²) in [4.78, 5) is 2.71. The van der Waals surface area contributed by atoms with Crippen LogP contribution in [0.2, 0.25) is 0 Å². The van der Waals surface area contributed by atoms with Gasteiger partial charge in [0.25, 0.3) is 0 Å². The zero-order valence-electron chi connectivity index (χ0n) is 11.5. The summed E-state index contributed by atoms with van der Waals surface area (Å²) in [5, 5.41) is 0. The quantitative estimate of drug-likeness (QED) is 0.834. The third-order valence-corrected chi connectivity index (χ3v) is 5.17. The lowest BCUT2D eigenvalue weighted by molar-refractivity contribution is -0.0138. The van der Waals surface area contributed by atoms with Crippen LogP contribution in [0.15, 0.2) is 0 Å². The van der Waals surface area contributed by atoms with Gasteiger partial charge in [0.05, 0.1) is 12.7 Å². The van der Waals surface area contributed by atoms with E-state index >= 15 is 0 Å². The molecule has 18 heavy (non-hydrogen) atoms. The van der Waals surface area contributed by atoms with Crippen molar-refractivity contribution in [2.75, 3.05) is 13.2 Å². The molecule has 0 amide bonds. The second kappa shape index (κ2) is 5.89. The lowest BCUT2D eigenvalue weighted by Gasteiger charge is -2.48. The van der Waals surface area contributed by atoms with Crippen LogP contribution in [-0.2, 0) is 4.74 Å². The van der Waals surface area contributed by atoms with Gasteiger partial charge in [-0.05, 0) is 38.5 Å². The van der Waals surface area contributed by atoms with E-state index in [9.17, 15) is 0 Å². The zero-order valence-corrected chi connectivity index (χ0v) is 11.5. The molecule has 2 bridgehead atoms. The maximum atomic E-state index is 6.16. The van der Waals surface area contributed by atoms with Gasteiger partial charge in [-0.2, -0.15) is 0 Å². The molecule has 3 heteroatoms. The lowest BCUT2D eigenvalue weighted by atomic mass is 9.82. The molecule has 3 aliphatic rings. The van der Waals surface area contributed by atoms with Crippen molar-refractivity contribution in [1.29, 1.82) is 0 Å². The SMILES string of the molecule is NC1CC2CCCC(C1)N2CCOC1CCCC1. The average Bonchev–Trinajstić information content (AvgIpc) is 2.83. The number of nitrogens with zero attached hydrogens (tertiary/aromatic N) is 1. The summed E-state index contributed by atoms with van der Waals surface area (Å²) in [6.07, 6.45) is 12.4. The molecule has 2 aliphatic heterocycles. The maximum absolute atomic E-state index is 6.16. The van der Waals surface area contributed by atoms with Gasteiger partial charge >= 0.3 is 0 Å². The van der Waals surface area contributed by atoms with E-state index in [1.165, 1.54) is 57.8 Å². The Bertz CT molecular complexity index is 251. The third-order valence-electron chi connectivity index (χ3n) is 5.17. The van der Waals surface area contributed by atoms with Crippen LogP contribution < -0.4 is 5.73 Å². The first-order chi connectivity index (χ1) is 8.83. The minimum Gasteiger partial charge on any atom is -0.377 e. The van der Waals surface area contributed by atoms with E-state index in [2.05, 4.69) is 4.90 Å². The summed E-state index contributed by atoms with van der Waals surface area (Å²) >= 11 is 0. The molecule has 0 aromatic carbocycles. The first-order valence-electron chi connectivity index (χ1n) is 7.96. The Morgan fingerprint density at radius 3 is 2.28 bits per heavy atom. The van der Waals surface area contributed by atoms with Crippen LogP contribution in [0.5, 0.6) is 0 Å². The van der Waals surface area contributed by atoms with Gasteiger partial charge in [-0.25, -0.2) is 0 Å². The van der Waals surface area contributed by atoms with E-state index < -0.39 is 0 Å². The number of ether oxygens (including phenoxy) is 1. The Morgan fingerprint density at radius 2 is 1.61 bits per heavy atom. The van der Waals surface area contributed by atoms with Crippen molar-refractivity contribution in [1.82, 2.24) is 4.90 Å². The number of nitrogens with two attached hydrogens (primary N) is 1. The summed E-state index contributed by atoms with van der Waals surface area (Å²) in [5.74, 6) is 0. The van der Waals surface area contributed by atoms with Gasteiger partial charge in [0.15, 0.2) is 0 Å². The van der Waals surface area contributed by atoms with Crippen LogP contribution in [0, 0.1) is 0 Å². The molecule has 0 radical (unpaired) electrons. The first kappa shape index (κ1) is 12.9. The van der Waals surface area contributed by atoms with Crippen molar-refractivity contribution in [2.45, 2.75) is 82.0 Å². The van der Waals surface area contributed by atoms with Gasteiger partial charge in [0.1, 0.15) is 0 Å². The summed E-state index contributed by atoms with van der Waals surface area (Å²) in [6.45, 7) is 2.07. The van der Waals surface area contributed by atoms with Crippen LogP contribution in [-0.4, -0.2) is 42.3 Å². The monoisotopic (exact) mass is 252 g/mol. The molecule has 104 valence electrons. The highest BCUT2D eigenvalue weighted by Gasteiger charge is 2.36. The standard InChI is InChI=1S/C15H28N2O/c16-12-10-13-4-3-5-14(11-12)17(13)8-9-18-15-6-1-2-7-15/h12-15H,1-11,16H2. The summed E-state index contributed by atoms with van der Waals surface area (Å²) in [7, 11) is 0. The topological polar surface area (TPSA) is 38.5 Å². The maximum Gasteiger partial charge on any atom is 0.0597 e. The molecule has 2 unspecified atom stereocenters. The minimum atomic E-state index is 0.451. The summed E-state index contributed by atoms with van der Waals surface area (Å²) in [6, 6.07) is 1.95. The fourth-order valence-electron chi connectivity index (χ4n) is 4.27. The number of hydrogen-bond donors (Lipinski definition) is 1. The Kier molecular flexibility index (Phi) is 4.22. The van der Waals surface area contributed by atoms with Crippen LogP contribution in [0.3, 0.4) is 0 Å². The van der Waals surface area contributed by atoms with Crippen LogP contribution in [0.1, 0.15) is 57.8 Å². The molecule has 2 atom stereocenters. The van der Waals surface area contributed by atoms with Crippen LogP contribution in [0.25, 0.3) is 0 Å². The van der Waals surface area contributed by atoms with E-state index in [0.717, 1.165) is 25.2 Å². The number of fused-ring (bicyclic) bond motifs is 2. The minimum absolute atomic E-state index is 0.451. The molecule has 0 spiro atoms. The predicted molar refractivity (Wildman–Crippen MR) is 73.6 cm³/mol. The highest BCUT2D eigenvalue weighted by Crippen LogP contribution is 2.33. The zero-order chi connectivity index (χ0) is 12.4. The average molecular weight is 252 g/mol. The van der Waals surface area contributed by atoms with Gasteiger partial charge < -0.3 is 10.5 Å². The summed E-state index contributed by atoms with van der Waals surface area (Å²) in [5.41, 5.74) is 6.16. The normalized spacial score (nSPS) is 38.2. The number of rotatable bonds is 4. The molecule has 3 rings (SSSR count). The highest BCUT2D eigenvalue weighted by atomic mass is 16.5. The largest absolute Gasteiger partial charge is 0.377 e. The fourth-order valence-corrected chi connectivity index (χ4v) is 4.27. The third kappa shape index (κ3) is 2.89. The Labute approximate surface area is 111 Å². The molecule has 1 aliphatic carbocycles. The first-order valence-corrected chi connectivity index (χ1v) is 7.96. The van der Waals surface area contributed by atoms with E-state index in [0.29, 0.717) is 12.1 Å². The predicted octanol–water partition coefficient (Wildman–Crippen LogP) is 2.29. The van der Waals surface area contributed by atoms with Crippen molar-refractivity contribution in [3.8, 4) is 0 Å². The van der Waals surface area contributed by atoms with Gasteiger partial charge in [0.2, 0.25) is 0 Å². The van der Waals surface area contributed by atoms with Gasteiger partial charge in [-0.15, -0.1) is 0 Å². The Balaban J connectivity index is 1.46. The molecule has 0 aromatic heterocycles. The highest BCUT2D eigenvalue weighted by molar-refractivity contribution is 4.93. The molecular weight excluding hydrogens is 224 g/mol. The second-order valence-corrected chi connectivity index (χ2v) is 6.49. The molecule has 1 saturated carbocycles. The molecule has 0 aromatic rings. The van der Waals surface area contributed by atoms with Crippen molar-refractivity contribution in [3.63, 3.8) is 0 Å². The van der Waals surface area contributed by atoms with Crippen molar-refractivity contribution < 1.29 is 4.74 Å². The lowest BCUT2D eigenvalue weighted by Crippen LogP contribution is -2.56.